The molecule has 0 radical (unpaired) electrons. The number of likely N-dealkylation sites (tertiary alicyclic amines) is 1. The predicted molar refractivity (Wildman–Crippen MR) is 124 cm³/mol. The first-order valence-electron chi connectivity index (χ1n) is 11.1. The van der Waals surface area contributed by atoms with Crippen LogP contribution in [-0.2, 0) is 14.9 Å². The molecule has 0 bridgehead atoms. The van der Waals surface area contributed by atoms with Crippen LogP contribution in [0.3, 0.4) is 0 Å². The van der Waals surface area contributed by atoms with Gasteiger partial charge in [0.05, 0.1) is 16.7 Å². The van der Waals surface area contributed by atoms with E-state index in [4.69, 9.17) is 32.7 Å². The zero-order valence-corrected chi connectivity index (χ0v) is 19.2. The smallest absolute Gasteiger partial charge is 0.253 e. The Labute approximate surface area is 194 Å². The second-order valence-electron chi connectivity index (χ2n) is 8.52. The van der Waals surface area contributed by atoms with E-state index < -0.39 is 0 Å². The van der Waals surface area contributed by atoms with E-state index in [0.717, 1.165) is 62.8 Å². The van der Waals surface area contributed by atoms with Crippen LogP contribution in [0, 0.1) is 0 Å². The second-order valence-corrected chi connectivity index (χ2v) is 9.34. The fourth-order valence-corrected chi connectivity index (χ4v) is 5.00. The summed E-state index contributed by atoms with van der Waals surface area (Å²) < 4.78 is 11.8. The second kappa shape index (κ2) is 10.4. The summed E-state index contributed by atoms with van der Waals surface area (Å²) in [5.74, 6) is 0.0706. The van der Waals surface area contributed by atoms with Crippen molar-refractivity contribution in [2.24, 2.45) is 0 Å². The van der Waals surface area contributed by atoms with Crippen molar-refractivity contribution < 1.29 is 14.3 Å². The molecule has 2 aromatic rings. The van der Waals surface area contributed by atoms with Gasteiger partial charge in [0.25, 0.3) is 5.91 Å². The lowest BCUT2D eigenvalue weighted by Gasteiger charge is -2.44. The molecule has 2 heterocycles. The summed E-state index contributed by atoms with van der Waals surface area (Å²) in [6.45, 7) is 2.73. The van der Waals surface area contributed by atoms with Crippen molar-refractivity contribution >= 4 is 29.1 Å². The van der Waals surface area contributed by atoms with Crippen LogP contribution >= 0.6 is 23.2 Å². The van der Waals surface area contributed by atoms with Crippen molar-refractivity contribution in [2.45, 2.75) is 50.2 Å². The minimum absolute atomic E-state index is 0.0706. The molecule has 2 unspecified atom stereocenters. The van der Waals surface area contributed by atoms with Crippen LogP contribution in [0.2, 0.25) is 10.0 Å². The average Bonchev–Trinajstić information content (AvgIpc) is 2.82. The molecule has 4 rings (SSSR count). The Morgan fingerprint density at radius 1 is 1.10 bits per heavy atom. The van der Waals surface area contributed by atoms with Crippen molar-refractivity contribution in [1.29, 1.82) is 0 Å². The molecule has 0 saturated carbocycles. The first-order valence-corrected chi connectivity index (χ1v) is 11.9. The van der Waals surface area contributed by atoms with E-state index in [9.17, 15) is 4.79 Å². The van der Waals surface area contributed by atoms with Crippen molar-refractivity contribution in [2.75, 3.05) is 26.3 Å². The third-order valence-corrected chi connectivity index (χ3v) is 7.18. The first kappa shape index (κ1) is 22.6. The SMILES string of the molecule is O=C(c1ccccc1)N1CCCC(CCOC2CCCCO2)(c2ccc(Cl)c(Cl)c2)C1. The van der Waals surface area contributed by atoms with Gasteiger partial charge < -0.3 is 14.4 Å². The van der Waals surface area contributed by atoms with E-state index in [0.29, 0.717) is 23.2 Å². The topological polar surface area (TPSA) is 38.8 Å². The number of hydrogen-bond acceptors (Lipinski definition) is 3. The fraction of sp³-hybridized carbons (Fsp3) is 0.480. The largest absolute Gasteiger partial charge is 0.353 e. The molecule has 0 aliphatic carbocycles. The normalized spacial score (nSPS) is 24.2. The van der Waals surface area contributed by atoms with Gasteiger partial charge in [0, 0.05) is 30.7 Å². The lowest BCUT2D eigenvalue weighted by atomic mass is 9.71. The van der Waals surface area contributed by atoms with Gasteiger partial charge in [-0.1, -0.05) is 47.5 Å². The Morgan fingerprint density at radius 2 is 1.94 bits per heavy atom. The van der Waals surface area contributed by atoms with E-state index in [-0.39, 0.29) is 17.6 Å². The zero-order valence-electron chi connectivity index (χ0n) is 17.7. The van der Waals surface area contributed by atoms with Crippen molar-refractivity contribution in [3.63, 3.8) is 0 Å². The molecule has 1 amide bonds. The van der Waals surface area contributed by atoms with Gasteiger partial charge in [-0.25, -0.2) is 0 Å². The maximum Gasteiger partial charge on any atom is 0.253 e. The lowest BCUT2D eigenvalue weighted by Crippen LogP contribution is -2.49. The van der Waals surface area contributed by atoms with Crippen molar-refractivity contribution in [3.8, 4) is 0 Å². The Morgan fingerprint density at radius 3 is 2.68 bits per heavy atom. The number of carbonyl (C=O) groups is 1. The number of amides is 1. The Bertz CT molecular complexity index is 886. The van der Waals surface area contributed by atoms with Gasteiger partial charge in [0.15, 0.2) is 6.29 Å². The monoisotopic (exact) mass is 461 g/mol. The molecule has 0 spiro atoms. The van der Waals surface area contributed by atoms with Gasteiger partial charge in [-0.15, -0.1) is 0 Å². The highest BCUT2D eigenvalue weighted by molar-refractivity contribution is 6.42. The minimum atomic E-state index is -0.231. The van der Waals surface area contributed by atoms with E-state index in [1.54, 1.807) is 0 Å². The third kappa shape index (κ3) is 5.43. The number of halogens is 2. The molecular formula is C25H29Cl2NO3. The summed E-state index contributed by atoms with van der Waals surface area (Å²) in [6.07, 6.45) is 5.76. The van der Waals surface area contributed by atoms with Crippen LogP contribution < -0.4 is 0 Å². The lowest BCUT2D eigenvalue weighted by molar-refractivity contribution is -0.165. The van der Waals surface area contributed by atoms with Crippen LogP contribution in [0.5, 0.6) is 0 Å². The van der Waals surface area contributed by atoms with Crippen LogP contribution in [0.25, 0.3) is 0 Å². The number of rotatable bonds is 6. The highest BCUT2D eigenvalue weighted by atomic mass is 35.5. The summed E-state index contributed by atoms with van der Waals surface area (Å²) in [5.41, 5.74) is 1.60. The van der Waals surface area contributed by atoms with E-state index >= 15 is 0 Å². The summed E-state index contributed by atoms with van der Waals surface area (Å²) in [4.78, 5) is 15.2. The molecule has 2 aliphatic rings. The number of benzene rings is 2. The third-order valence-electron chi connectivity index (χ3n) is 6.44. The van der Waals surface area contributed by atoms with Crippen LogP contribution in [0.4, 0.5) is 0 Å². The minimum Gasteiger partial charge on any atom is -0.353 e. The molecule has 0 N–H and O–H groups in total. The Balaban J connectivity index is 1.55. The maximum absolute atomic E-state index is 13.2. The molecule has 31 heavy (non-hydrogen) atoms. The van der Waals surface area contributed by atoms with Crippen molar-refractivity contribution in [1.82, 2.24) is 4.90 Å². The molecule has 2 saturated heterocycles. The van der Waals surface area contributed by atoms with E-state index in [2.05, 4.69) is 0 Å². The number of ether oxygens (including phenoxy) is 2. The van der Waals surface area contributed by atoms with Gasteiger partial charge in [0.2, 0.25) is 0 Å². The van der Waals surface area contributed by atoms with Gasteiger partial charge in [-0.3, -0.25) is 4.79 Å². The van der Waals surface area contributed by atoms with E-state index in [1.807, 2.05) is 53.4 Å². The Hall–Kier alpha value is -1.59. The standard InChI is InChI=1S/C25H29Cl2NO3/c26-21-11-10-20(17-22(21)27)25(13-16-31-23-9-4-5-15-30-23)12-6-14-28(18-25)24(29)19-7-2-1-3-8-19/h1-3,7-8,10-11,17,23H,4-6,9,12-16,18H2. The maximum atomic E-state index is 13.2. The molecule has 0 aromatic heterocycles. The zero-order chi connectivity index (χ0) is 21.7. The molecule has 2 atom stereocenters. The summed E-state index contributed by atoms with van der Waals surface area (Å²) >= 11 is 12.6. The highest BCUT2D eigenvalue weighted by Gasteiger charge is 2.39. The average molecular weight is 462 g/mol. The van der Waals surface area contributed by atoms with Crippen LogP contribution in [0.15, 0.2) is 48.5 Å². The number of piperidine rings is 1. The summed E-state index contributed by atoms with van der Waals surface area (Å²) in [7, 11) is 0. The molecule has 4 nitrogen and oxygen atoms in total. The quantitative estimate of drug-likeness (QED) is 0.521. The van der Waals surface area contributed by atoms with Gasteiger partial charge in [-0.05, 0) is 68.4 Å². The summed E-state index contributed by atoms with van der Waals surface area (Å²) in [5, 5.41) is 1.09. The molecular weight excluding hydrogens is 433 g/mol. The number of hydrogen-bond donors (Lipinski definition) is 0. The molecule has 2 aromatic carbocycles. The first-order chi connectivity index (χ1) is 15.1. The predicted octanol–water partition coefficient (Wildman–Crippen LogP) is 6.10. The van der Waals surface area contributed by atoms with Crippen LogP contribution in [-0.4, -0.2) is 43.4 Å². The number of carbonyl (C=O) groups excluding carboxylic acids is 1. The fourth-order valence-electron chi connectivity index (χ4n) is 4.71. The summed E-state index contributed by atoms with van der Waals surface area (Å²) in [6, 6.07) is 15.3. The van der Waals surface area contributed by atoms with E-state index in [1.165, 1.54) is 0 Å². The highest BCUT2D eigenvalue weighted by Crippen LogP contribution is 2.40. The molecule has 2 fully saturated rings. The van der Waals surface area contributed by atoms with Gasteiger partial charge in [0.1, 0.15) is 0 Å². The molecule has 2 aliphatic heterocycles. The van der Waals surface area contributed by atoms with Crippen LogP contribution in [0.1, 0.15) is 54.4 Å². The molecule has 6 heteroatoms. The van der Waals surface area contributed by atoms with Gasteiger partial charge in [-0.2, -0.15) is 0 Å². The van der Waals surface area contributed by atoms with Crippen molar-refractivity contribution in [3.05, 3.63) is 69.7 Å². The number of nitrogens with zero attached hydrogens (tertiary/aromatic N) is 1. The van der Waals surface area contributed by atoms with Gasteiger partial charge >= 0.3 is 0 Å². The molecule has 166 valence electrons. The Kier molecular flexibility index (Phi) is 7.55.